The molecule has 2 aromatic rings. The molecule has 2 rings (SSSR count). The molecule has 2 nitrogen and oxygen atoms in total. The van der Waals surface area contributed by atoms with Gasteiger partial charge in [-0.3, -0.25) is 4.79 Å². The summed E-state index contributed by atoms with van der Waals surface area (Å²) in [6, 6.07) is 19.2. The fourth-order valence-electron chi connectivity index (χ4n) is 2.11. The summed E-state index contributed by atoms with van der Waals surface area (Å²) in [7, 11) is 0. The molecule has 2 heteroatoms. The lowest BCUT2D eigenvalue weighted by Gasteiger charge is -2.22. The van der Waals surface area contributed by atoms with E-state index in [9.17, 15) is 9.90 Å². The second kappa shape index (κ2) is 5.61. The monoisotopic (exact) mass is 240 g/mol. The maximum absolute atomic E-state index is 11.5. The van der Waals surface area contributed by atoms with Gasteiger partial charge in [-0.15, -0.1) is 0 Å². The molecule has 0 spiro atoms. The SMILES string of the molecule is CC(=O)C(O)C(c1ccccc1)c1ccccc1. The fourth-order valence-corrected chi connectivity index (χ4v) is 2.11. The van der Waals surface area contributed by atoms with Gasteiger partial charge in [-0.05, 0) is 18.1 Å². The molecule has 0 heterocycles. The summed E-state index contributed by atoms with van der Waals surface area (Å²) >= 11 is 0. The molecule has 1 unspecified atom stereocenters. The maximum Gasteiger partial charge on any atom is 0.159 e. The number of hydrogen-bond donors (Lipinski definition) is 1. The molecule has 0 aromatic heterocycles. The van der Waals surface area contributed by atoms with Gasteiger partial charge in [-0.1, -0.05) is 60.7 Å². The van der Waals surface area contributed by atoms with E-state index in [-0.39, 0.29) is 11.7 Å². The van der Waals surface area contributed by atoms with Gasteiger partial charge in [-0.2, -0.15) is 0 Å². The summed E-state index contributed by atoms with van der Waals surface area (Å²) in [6.07, 6.45) is -1.00. The van der Waals surface area contributed by atoms with E-state index in [1.54, 1.807) is 0 Å². The third-order valence-electron chi connectivity index (χ3n) is 3.05. The Hall–Kier alpha value is -1.93. The Kier molecular flexibility index (Phi) is 3.90. The first-order valence-electron chi connectivity index (χ1n) is 5.98. The standard InChI is InChI=1S/C16H16O2/c1-12(17)16(18)15(13-8-4-2-5-9-13)14-10-6-3-7-11-14/h2-11,15-16,18H,1H3. The molecule has 0 aliphatic rings. The molecule has 2 aromatic carbocycles. The number of rotatable bonds is 4. The first-order chi connectivity index (χ1) is 8.70. The first-order valence-corrected chi connectivity index (χ1v) is 5.98. The van der Waals surface area contributed by atoms with Crippen LogP contribution in [0.5, 0.6) is 0 Å². The summed E-state index contributed by atoms with van der Waals surface area (Å²) < 4.78 is 0. The number of benzene rings is 2. The van der Waals surface area contributed by atoms with Crippen LogP contribution < -0.4 is 0 Å². The van der Waals surface area contributed by atoms with E-state index < -0.39 is 6.10 Å². The van der Waals surface area contributed by atoms with E-state index in [1.165, 1.54) is 6.92 Å². The molecule has 18 heavy (non-hydrogen) atoms. The minimum Gasteiger partial charge on any atom is -0.384 e. The van der Waals surface area contributed by atoms with Crippen molar-refractivity contribution in [2.75, 3.05) is 0 Å². The number of aliphatic hydroxyl groups excluding tert-OH is 1. The van der Waals surface area contributed by atoms with Crippen LogP contribution in [0.25, 0.3) is 0 Å². The summed E-state index contributed by atoms with van der Waals surface area (Å²) in [4.78, 5) is 11.5. The van der Waals surface area contributed by atoms with Crippen LogP contribution in [0.4, 0.5) is 0 Å². The molecule has 0 bridgehead atoms. The zero-order valence-corrected chi connectivity index (χ0v) is 10.3. The van der Waals surface area contributed by atoms with Crippen LogP contribution in [0.1, 0.15) is 24.0 Å². The van der Waals surface area contributed by atoms with E-state index in [4.69, 9.17) is 0 Å². The number of carbonyl (C=O) groups excluding carboxylic acids is 1. The third-order valence-corrected chi connectivity index (χ3v) is 3.05. The molecular formula is C16H16O2. The molecule has 0 aliphatic heterocycles. The molecule has 0 radical (unpaired) electrons. The highest BCUT2D eigenvalue weighted by Gasteiger charge is 2.26. The van der Waals surface area contributed by atoms with E-state index in [0.29, 0.717) is 0 Å². The zero-order valence-electron chi connectivity index (χ0n) is 10.3. The Balaban J connectivity index is 2.45. The van der Waals surface area contributed by atoms with E-state index >= 15 is 0 Å². The van der Waals surface area contributed by atoms with Gasteiger partial charge in [0, 0.05) is 5.92 Å². The number of Topliss-reactive ketones (excluding diaryl/α,β-unsaturated/α-hetero) is 1. The van der Waals surface area contributed by atoms with E-state index in [1.807, 2.05) is 60.7 Å². The van der Waals surface area contributed by atoms with Gasteiger partial charge in [-0.25, -0.2) is 0 Å². The van der Waals surface area contributed by atoms with Gasteiger partial charge in [0.25, 0.3) is 0 Å². The van der Waals surface area contributed by atoms with Gasteiger partial charge >= 0.3 is 0 Å². The molecule has 0 fully saturated rings. The lowest BCUT2D eigenvalue weighted by atomic mass is 9.85. The van der Waals surface area contributed by atoms with Crippen molar-refractivity contribution in [2.45, 2.75) is 18.9 Å². The lowest BCUT2D eigenvalue weighted by molar-refractivity contribution is -0.125. The van der Waals surface area contributed by atoms with Crippen LogP contribution in [0.15, 0.2) is 60.7 Å². The minimum atomic E-state index is -1.00. The Labute approximate surface area is 107 Å². The molecule has 0 amide bonds. The van der Waals surface area contributed by atoms with Gasteiger partial charge < -0.3 is 5.11 Å². The second-order valence-electron chi connectivity index (χ2n) is 4.35. The number of hydrogen-bond acceptors (Lipinski definition) is 2. The molecule has 1 N–H and O–H groups in total. The zero-order chi connectivity index (χ0) is 13.0. The topological polar surface area (TPSA) is 37.3 Å². The molecule has 1 atom stereocenters. The Morgan fingerprint density at radius 3 is 1.61 bits per heavy atom. The number of ketones is 1. The average molecular weight is 240 g/mol. The predicted octanol–water partition coefficient (Wildman–Crippen LogP) is 2.77. The largest absolute Gasteiger partial charge is 0.384 e. The predicted molar refractivity (Wildman–Crippen MR) is 71.4 cm³/mol. The lowest BCUT2D eigenvalue weighted by Crippen LogP contribution is -2.26. The van der Waals surface area contributed by atoms with Gasteiger partial charge in [0.2, 0.25) is 0 Å². The van der Waals surface area contributed by atoms with Gasteiger partial charge in [0.05, 0.1) is 0 Å². The summed E-state index contributed by atoms with van der Waals surface area (Å²) in [5.74, 6) is -0.516. The minimum absolute atomic E-state index is 0.215. The van der Waals surface area contributed by atoms with E-state index in [2.05, 4.69) is 0 Å². The Morgan fingerprint density at radius 2 is 1.28 bits per heavy atom. The van der Waals surface area contributed by atoms with Crippen molar-refractivity contribution in [3.05, 3.63) is 71.8 Å². The van der Waals surface area contributed by atoms with Crippen LogP contribution in [-0.4, -0.2) is 17.0 Å². The number of carbonyl (C=O) groups is 1. The number of aliphatic hydroxyl groups is 1. The highest BCUT2D eigenvalue weighted by atomic mass is 16.3. The van der Waals surface area contributed by atoms with Crippen LogP contribution in [0.3, 0.4) is 0 Å². The van der Waals surface area contributed by atoms with E-state index in [0.717, 1.165) is 11.1 Å². The van der Waals surface area contributed by atoms with Crippen LogP contribution in [0.2, 0.25) is 0 Å². The van der Waals surface area contributed by atoms with Crippen LogP contribution in [0, 0.1) is 0 Å². The molecule has 0 aliphatic carbocycles. The summed E-state index contributed by atoms with van der Waals surface area (Å²) in [6.45, 7) is 1.42. The van der Waals surface area contributed by atoms with Crippen molar-refractivity contribution in [1.82, 2.24) is 0 Å². The quantitative estimate of drug-likeness (QED) is 0.892. The first kappa shape index (κ1) is 12.5. The van der Waals surface area contributed by atoms with Crippen molar-refractivity contribution in [3.8, 4) is 0 Å². The van der Waals surface area contributed by atoms with Crippen molar-refractivity contribution in [3.63, 3.8) is 0 Å². The summed E-state index contributed by atoms with van der Waals surface area (Å²) in [5, 5.41) is 10.1. The molecule has 92 valence electrons. The Bertz CT molecular complexity index is 466. The van der Waals surface area contributed by atoms with Gasteiger partial charge in [0.15, 0.2) is 5.78 Å². The van der Waals surface area contributed by atoms with Gasteiger partial charge in [0.1, 0.15) is 6.10 Å². The smallest absolute Gasteiger partial charge is 0.159 e. The van der Waals surface area contributed by atoms with Crippen molar-refractivity contribution in [2.24, 2.45) is 0 Å². The third kappa shape index (κ3) is 2.66. The summed E-state index contributed by atoms with van der Waals surface area (Å²) in [5.41, 5.74) is 1.90. The Morgan fingerprint density at radius 1 is 0.889 bits per heavy atom. The van der Waals surface area contributed by atoms with Crippen LogP contribution in [-0.2, 0) is 4.79 Å². The second-order valence-corrected chi connectivity index (χ2v) is 4.35. The fraction of sp³-hybridized carbons (Fsp3) is 0.188. The van der Waals surface area contributed by atoms with Crippen molar-refractivity contribution < 1.29 is 9.90 Å². The van der Waals surface area contributed by atoms with Crippen molar-refractivity contribution >= 4 is 5.78 Å². The molecule has 0 saturated carbocycles. The molecular weight excluding hydrogens is 224 g/mol. The molecule has 0 saturated heterocycles. The normalized spacial score (nSPS) is 12.4. The highest BCUT2D eigenvalue weighted by molar-refractivity contribution is 5.82. The maximum atomic E-state index is 11.5. The highest BCUT2D eigenvalue weighted by Crippen LogP contribution is 2.28. The van der Waals surface area contributed by atoms with Crippen molar-refractivity contribution in [1.29, 1.82) is 0 Å². The van der Waals surface area contributed by atoms with Crippen LogP contribution >= 0.6 is 0 Å². The average Bonchev–Trinajstić information content (AvgIpc) is 2.41.